The summed E-state index contributed by atoms with van der Waals surface area (Å²) in [5.41, 5.74) is 10.9. The first-order chi connectivity index (χ1) is 15.7. The molecule has 5 N–H and O–H groups in total. The number of amides is 1. The average molecular weight is 446 g/mol. The Balaban J connectivity index is 1.54. The van der Waals surface area contributed by atoms with E-state index in [0.29, 0.717) is 35.5 Å². The van der Waals surface area contributed by atoms with Gasteiger partial charge in [0, 0.05) is 47.9 Å². The summed E-state index contributed by atoms with van der Waals surface area (Å²) in [6.45, 7) is 6.86. The van der Waals surface area contributed by atoms with Gasteiger partial charge in [-0.05, 0) is 54.0 Å². The average Bonchev–Trinajstić information content (AvgIpc) is 3.55. The van der Waals surface area contributed by atoms with E-state index in [2.05, 4.69) is 41.5 Å². The summed E-state index contributed by atoms with van der Waals surface area (Å²) in [5.74, 6) is 1.49. The Morgan fingerprint density at radius 2 is 1.91 bits per heavy atom. The van der Waals surface area contributed by atoms with E-state index in [4.69, 9.17) is 11.1 Å². The van der Waals surface area contributed by atoms with Gasteiger partial charge in [-0.1, -0.05) is 32.9 Å². The number of anilines is 3. The van der Waals surface area contributed by atoms with Gasteiger partial charge in [-0.25, -0.2) is 4.68 Å². The summed E-state index contributed by atoms with van der Waals surface area (Å²) in [6.07, 6.45) is 3.52. The number of nitrogens with zero attached hydrogens (tertiary/aromatic N) is 3. The fourth-order valence-electron chi connectivity index (χ4n) is 3.69. The van der Waals surface area contributed by atoms with Gasteiger partial charge in [0.2, 0.25) is 5.95 Å². The van der Waals surface area contributed by atoms with E-state index in [1.54, 1.807) is 16.8 Å². The van der Waals surface area contributed by atoms with Crippen LogP contribution in [0.4, 0.5) is 17.3 Å². The monoisotopic (exact) mass is 445 g/mol. The van der Waals surface area contributed by atoms with Crippen LogP contribution in [0.2, 0.25) is 0 Å². The van der Waals surface area contributed by atoms with Crippen molar-refractivity contribution in [2.75, 3.05) is 17.6 Å². The number of nitrogens with one attached hydrogen (secondary N) is 3. The Bertz CT molecular complexity index is 1180. The smallest absolute Gasteiger partial charge is 0.251 e. The van der Waals surface area contributed by atoms with E-state index in [9.17, 15) is 4.79 Å². The van der Waals surface area contributed by atoms with Crippen LogP contribution in [0.1, 0.15) is 61.0 Å². The molecule has 1 aromatic heterocycles. The molecule has 0 saturated heterocycles. The summed E-state index contributed by atoms with van der Waals surface area (Å²) in [4.78, 5) is 17.1. The second-order valence-electron chi connectivity index (χ2n) is 9.78. The molecule has 4 rings (SSSR count). The van der Waals surface area contributed by atoms with Gasteiger partial charge in [-0.15, -0.1) is 5.10 Å². The maximum atomic E-state index is 12.4. The van der Waals surface area contributed by atoms with Crippen molar-refractivity contribution in [3.63, 3.8) is 0 Å². The van der Waals surface area contributed by atoms with E-state index >= 15 is 0 Å². The Labute approximate surface area is 194 Å². The van der Waals surface area contributed by atoms with Crippen LogP contribution in [0.25, 0.3) is 11.4 Å². The summed E-state index contributed by atoms with van der Waals surface area (Å²) >= 11 is 0. The molecule has 0 aliphatic heterocycles. The lowest BCUT2D eigenvalue weighted by Crippen LogP contribution is -2.32. The van der Waals surface area contributed by atoms with Crippen LogP contribution in [-0.4, -0.2) is 33.4 Å². The molecule has 0 unspecified atom stereocenters. The molecule has 0 radical (unpaired) electrons. The van der Waals surface area contributed by atoms with Crippen LogP contribution in [0.5, 0.6) is 0 Å². The number of nitrogen functional groups attached to an aromatic ring is 1. The number of aromatic nitrogens is 3. The minimum Gasteiger partial charge on any atom is -0.398 e. The largest absolute Gasteiger partial charge is 0.398 e. The molecule has 0 atom stereocenters. The highest BCUT2D eigenvalue weighted by Gasteiger charge is 2.29. The normalized spacial score (nSPS) is 13.6. The van der Waals surface area contributed by atoms with Crippen molar-refractivity contribution in [1.29, 1.82) is 5.41 Å². The highest BCUT2D eigenvalue weighted by atomic mass is 16.1. The highest BCUT2D eigenvalue weighted by molar-refractivity contribution is 5.94. The molecule has 1 fully saturated rings. The van der Waals surface area contributed by atoms with Crippen molar-refractivity contribution in [1.82, 2.24) is 20.1 Å². The lowest BCUT2D eigenvalue weighted by Gasteiger charge is -2.18. The van der Waals surface area contributed by atoms with Crippen LogP contribution in [0, 0.1) is 10.8 Å². The maximum absolute atomic E-state index is 12.4. The fraction of sp³-hybridized carbons (Fsp3) is 0.360. The molecule has 2 aromatic carbocycles. The SMILES string of the molecule is Cn1nc(-c2ccc(C(=O)NCC(C)(C)C)cc2)nc1Nc1ccc(N)c(C=N)c1C1CC1. The van der Waals surface area contributed by atoms with Gasteiger partial charge in [-0.3, -0.25) is 4.79 Å². The zero-order valence-corrected chi connectivity index (χ0v) is 19.6. The van der Waals surface area contributed by atoms with Crippen molar-refractivity contribution in [2.24, 2.45) is 12.5 Å². The lowest BCUT2D eigenvalue weighted by molar-refractivity contribution is 0.0939. The minimum absolute atomic E-state index is 0.0280. The molecule has 3 aromatic rings. The van der Waals surface area contributed by atoms with Crippen molar-refractivity contribution >= 4 is 29.4 Å². The van der Waals surface area contributed by atoms with Gasteiger partial charge < -0.3 is 21.8 Å². The second-order valence-corrected chi connectivity index (χ2v) is 9.78. The molecule has 1 saturated carbocycles. The van der Waals surface area contributed by atoms with Crippen molar-refractivity contribution in [3.8, 4) is 11.4 Å². The summed E-state index contributed by atoms with van der Waals surface area (Å²) < 4.78 is 1.69. The standard InChI is InChI=1S/C25H31N7O/c1-25(2,3)14-28-23(33)17-9-7-16(8-10-17)22-30-24(32(4)31-22)29-20-12-11-19(27)18(13-26)21(20)15-5-6-15/h7-13,15,26H,5-6,14,27H2,1-4H3,(H,28,33)(H,29,30,31). The minimum atomic E-state index is -0.0919. The van der Waals surface area contributed by atoms with Gasteiger partial charge in [0.15, 0.2) is 5.82 Å². The Hall–Kier alpha value is -3.68. The lowest BCUT2D eigenvalue weighted by atomic mass is 9.97. The van der Waals surface area contributed by atoms with E-state index in [0.717, 1.165) is 35.2 Å². The molecule has 1 aliphatic rings. The van der Waals surface area contributed by atoms with Gasteiger partial charge in [-0.2, -0.15) is 4.98 Å². The molecular weight excluding hydrogens is 414 g/mol. The number of carbonyl (C=O) groups is 1. The van der Waals surface area contributed by atoms with E-state index in [1.165, 1.54) is 6.21 Å². The molecule has 33 heavy (non-hydrogen) atoms. The molecule has 1 amide bonds. The molecule has 8 nitrogen and oxygen atoms in total. The van der Waals surface area contributed by atoms with Crippen LogP contribution in [0.3, 0.4) is 0 Å². The number of aryl methyl sites for hydroxylation is 1. The number of carbonyl (C=O) groups excluding carboxylic acids is 1. The number of rotatable bonds is 7. The van der Waals surface area contributed by atoms with Gasteiger partial charge in [0.05, 0.1) is 0 Å². The van der Waals surface area contributed by atoms with Crippen LogP contribution in [-0.2, 0) is 7.05 Å². The molecule has 0 spiro atoms. The number of hydrogen-bond acceptors (Lipinski definition) is 6. The van der Waals surface area contributed by atoms with Crippen molar-refractivity contribution < 1.29 is 4.79 Å². The Morgan fingerprint density at radius 1 is 1.21 bits per heavy atom. The maximum Gasteiger partial charge on any atom is 0.251 e. The van der Waals surface area contributed by atoms with Gasteiger partial charge in [0.1, 0.15) is 0 Å². The fourth-order valence-corrected chi connectivity index (χ4v) is 3.69. The molecule has 172 valence electrons. The quantitative estimate of drug-likeness (QED) is 0.316. The molecular formula is C25H31N7O. The number of hydrogen-bond donors (Lipinski definition) is 4. The second kappa shape index (κ2) is 8.69. The zero-order valence-electron chi connectivity index (χ0n) is 19.6. The van der Waals surface area contributed by atoms with Crippen LogP contribution >= 0.6 is 0 Å². The van der Waals surface area contributed by atoms with E-state index in [1.807, 2.05) is 31.3 Å². The van der Waals surface area contributed by atoms with Crippen LogP contribution in [0.15, 0.2) is 36.4 Å². The first-order valence-electron chi connectivity index (χ1n) is 11.2. The third kappa shape index (κ3) is 5.05. The Kier molecular flexibility index (Phi) is 5.93. The molecule has 8 heteroatoms. The number of nitrogens with two attached hydrogens (primary N) is 1. The third-order valence-corrected chi connectivity index (χ3v) is 5.64. The molecule has 1 aliphatic carbocycles. The van der Waals surface area contributed by atoms with Gasteiger partial charge >= 0.3 is 0 Å². The zero-order chi connectivity index (χ0) is 23.8. The van der Waals surface area contributed by atoms with E-state index in [-0.39, 0.29) is 11.3 Å². The Morgan fingerprint density at radius 3 is 2.52 bits per heavy atom. The predicted molar refractivity (Wildman–Crippen MR) is 132 cm³/mol. The topological polar surface area (TPSA) is 122 Å². The van der Waals surface area contributed by atoms with Crippen molar-refractivity contribution in [3.05, 3.63) is 53.1 Å². The highest BCUT2D eigenvalue weighted by Crippen LogP contribution is 2.46. The van der Waals surface area contributed by atoms with Crippen LogP contribution < -0.4 is 16.4 Å². The molecule has 0 bridgehead atoms. The summed E-state index contributed by atoms with van der Waals surface area (Å²) in [7, 11) is 1.83. The number of benzene rings is 2. The predicted octanol–water partition coefficient (Wildman–Crippen LogP) is 4.46. The summed E-state index contributed by atoms with van der Waals surface area (Å²) in [6, 6.07) is 11.1. The third-order valence-electron chi connectivity index (χ3n) is 5.64. The van der Waals surface area contributed by atoms with Gasteiger partial charge in [0.25, 0.3) is 5.91 Å². The molecule has 1 heterocycles. The van der Waals surface area contributed by atoms with E-state index < -0.39 is 0 Å². The summed E-state index contributed by atoms with van der Waals surface area (Å²) in [5, 5.41) is 18.7. The first kappa shape index (κ1) is 22.5. The van der Waals surface area contributed by atoms with Crippen molar-refractivity contribution in [2.45, 2.75) is 39.5 Å². The first-order valence-corrected chi connectivity index (χ1v) is 11.2.